The van der Waals surface area contributed by atoms with Crippen LogP contribution in [0.5, 0.6) is 17.2 Å². The fourth-order valence-corrected chi connectivity index (χ4v) is 2.92. The zero-order chi connectivity index (χ0) is 17.0. The lowest BCUT2D eigenvalue weighted by molar-refractivity contribution is -0.134. The van der Waals surface area contributed by atoms with E-state index in [-0.39, 0.29) is 11.9 Å². The molecule has 1 amide bonds. The smallest absolute Gasteiger partial charge is 0.227 e. The van der Waals surface area contributed by atoms with E-state index in [0.717, 1.165) is 18.7 Å². The molecule has 2 atom stereocenters. The summed E-state index contributed by atoms with van der Waals surface area (Å²) in [4.78, 5) is 14.6. The van der Waals surface area contributed by atoms with Crippen molar-refractivity contribution < 1.29 is 19.0 Å². The van der Waals surface area contributed by atoms with Crippen molar-refractivity contribution in [3.8, 4) is 17.2 Å². The highest BCUT2D eigenvalue weighted by Crippen LogP contribution is 2.38. The molecule has 0 aromatic heterocycles. The van der Waals surface area contributed by atoms with Gasteiger partial charge in [0.2, 0.25) is 11.7 Å². The fourth-order valence-electron chi connectivity index (χ4n) is 2.92. The summed E-state index contributed by atoms with van der Waals surface area (Å²) >= 11 is 0. The molecule has 6 heteroatoms. The van der Waals surface area contributed by atoms with Gasteiger partial charge in [0.25, 0.3) is 0 Å². The molecule has 23 heavy (non-hydrogen) atoms. The minimum Gasteiger partial charge on any atom is -0.493 e. The van der Waals surface area contributed by atoms with Crippen LogP contribution >= 0.6 is 0 Å². The van der Waals surface area contributed by atoms with Crippen molar-refractivity contribution in [3.05, 3.63) is 17.7 Å². The van der Waals surface area contributed by atoms with E-state index in [2.05, 4.69) is 19.2 Å². The number of hydrogen-bond donors (Lipinski definition) is 1. The third kappa shape index (κ3) is 3.69. The van der Waals surface area contributed by atoms with Crippen molar-refractivity contribution in [2.24, 2.45) is 0 Å². The molecule has 1 aliphatic rings. The van der Waals surface area contributed by atoms with Crippen LogP contribution in [0.1, 0.15) is 19.4 Å². The molecular formula is C17H26N2O4. The summed E-state index contributed by atoms with van der Waals surface area (Å²) in [6.07, 6.45) is 0.313. The average molecular weight is 322 g/mol. The number of piperazine rings is 1. The lowest BCUT2D eigenvalue weighted by atomic mass is 10.0. The molecule has 1 fully saturated rings. The molecular weight excluding hydrogens is 296 g/mol. The van der Waals surface area contributed by atoms with E-state index in [0.29, 0.717) is 29.7 Å². The van der Waals surface area contributed by atoms with Gasteiger partial charge < -0.3 is 24.4 Å². The largest absolute Gasteiger partial charge is 0.493 e. The number of rotatable bonds is 5. The van der Waals surface area contributed by atoms with Crippen LogP contribution in [0.4, 0.5) is 0 Å². The Balaban J connectivity index is 2.20. The van der Waals surface area contributed by atoms with E-state index >= 15 is 0 Å². The van der Waals surface area contributed by atoms with Crippen LogP contribution in [-0.4, -0.2) is 57.3 Å². The highest BCUT2D eigenvalue weighted by atomic mass is 16.5. The van der Waals surface area contributed by atoms with E-state index in [1.165, 1.54) is 0 Å². The first kappa shape index (κ1) is 17.4. The van der Waals surface area contributed by atoms with Crippen LogP contribution in [0.2, 0.25) is 0 Å². The highest BCUT2D eigenvalue weighted by Gasteiger charge is 2.28. The maximum Gasteiger partial charge on any atom is 0.227 e. The molecule has 2 rings (SSSR count). The molecule has 0 radical (unpaired) electrons. The number of nitrogens with one attached hydrogen (secondary N) is 1. The van der Waals surface area contributed by atoms with Gasteiger partial charge in [-0.1, -0.05) is 0 Å². The Morgan fingerprint density at radius 3 is 2.30 bits per heavy atom. The molecule has 0 bridgehead atoms. The van der Waals surface area contributed by atoms with E-state index in [1.807, 2.05) is 17.0 Å². The Kier molecular flexibility index (Phi) is 5.71. The van der Waals surface area contributed by atoms with Crippen LogP contribution < -0.4 is 19.5 Å². The molecule has 1 saturated heterocycles. The third-order valence-corrected chi connectivity index (χ3v) is 4.43. The van der Waals surface area contributed by atoms with Gasteiger partial charge in [0.1, 0.15) is 0 Å². The summed E-state index contributed by atoms with van der Waals surface area (Å²) in [5.74, 6) is 1.78. The van der Waals surface area contributed by atoms with Crippen LogP contribution in [0.15, 0.2) is 12.1 Å². The van der Waals surface area contributed by atoms with Crippen LogP contribution in [0.25, 0.3) is 0 Å². The van der Waals surface area contributed by atoms with Crippen molar-refractivity contribution in [1.82, 2.24) is 10.2 Å². The standard InChI is InChI=1S/C17H26N2O4/c1-11-12(2)19(7-6-18-11)16(20)10-13-8-14(21-3)17(23-5)15(9-13)22-4/h8-9,11-12,18H,6-7,10H2,1-5H3. The lowest BCUT2D eigenvalue weighted by Gasteiger charge is -2.38. The minimum atomic E-state index is 0.111. The number of methoxy groups -OCH3 is 3. The Labute approximate surface area is 137 Å². The summed E-state index contributed by atoms with van der Waals surface area (Å²) in [5.41, 5.74) is 0.850. The Morgan fingerprint density at radius 1 is 1.17 bits per heavy atom. The topological polar surface area (TPSA) is 60.0 Å². The van der Waals surface area contributed by atoms with Gasteiger partial charge in [-0.05, 0) is 31.5 Å². The van der Waals surface area contributed by atoms with Crippen LogP contribution in [0.3, 0.4) is 0 Å². The number of hydrogen-bond acceptors (Lipinski definition) is 5. The Bertz CT molecular complexity index is 537. The van der Waals surface area contributed by atoms with E-state index in [9.17, 15) is 4.79 Å². The fraction of sp³-hybridized carbons (Fsp3) is 0.588. The molecule has 1 aliphatic heterocycles. The molecule has 1 aromatic carbocycles. The number of carbonyl (C=O) groups excluding carboxylic acids is 1. The second-order valence-corrected chi connectivity index (χ2v) is 5.78. The van der Waals surface area contributed by atoms with Gasteiger partial charge in [-0.15, -0.1) is 0 Å². The van der Waals surface area contributed by atoms with Crippen molar-refractivity contribution in [2.75, 3.05) is 34.4 Å². The van der Waals surface area contributed by atoms with E-state index in [4.69, 9.17) is 14.2 Å². The SMILES string of the molecule is COc1cc(CC(=O)N2CCNC(C)C2C)cc(OC)c1OC. The summed E-state index contributed by atoms with van der Waals surface area (Å²) in [5, 5.41) is 3.38. The molecule has 6 nitrogen and oxygen atoms in total. The molecule has 0 aliphatic carbocycles. The van der Waals surface area contributed by atoms with Gasteiger partial charge in [-0.25, -0.2) is 0 Å². The number of ether oxygens (including phenoxy) is 3. The summed E-state index contributed by atoms with van der Waals surface area (Å²) < 4.78 is 16.0. The van der Waals surface area contributed by atoms with Gasteiger partial charge in [0, 0.05) is 25.2 Å². The van der Waals surface area contributed by atoms with Crippen LogP contribution in [0, 0.1) is 0 Å². The Hall–Kier alpha value is -1.95. The zero-order valence-corrected chi connectivity index (χ0v) is 14.5. The second-order valence-electron chi connectivity index (χ2n) is 5.78. The van der Waals surface area contributed by atoms with Crippen molar-refractivity contribution in [3.63, 3.8) is 0 Å². The van der Waals surface area contributed by atoms with Crippen molar-refractivity contribution >= 4 is 5.91 Å². The summed E-state index contributed by atoms with van der Waals surface area (Å²) in [7, 11) is 4.71. The third-order valence-electron chi connectivity index (χ3n) is 4.43. The Morgan fingerprint density at radius 2 is 1.78 bits per heavy atom. The molecule has 128 valence electrons. The number of nitrogens with zero attached hydrogens (tertiary/aromatic N) is 1. The molecule has 0 spiro atoms. The minimum absolute atomic E-state index is 0.111. The van der Waals surface area contributed by atoms with Gasteiger partial charge in [0.15, 0.2) is 11.5 Å². The molecule has 1 N–H and O–H groups in total. The first-order chi connectivity index (χ1) is 11.0. The monoisotopic (exact) mass is 322 g/mol. The first-order valence-corrected chi connectivity index (χ1v) is 7.83. The predicted octanol–water partition coefficient (Wildman–Crippen LogP) is 1.46. The second kappa shape index (κ2) is 7.55. The zero-order valence-electron chi connectivity index (χ0n) is 14.5. The maximum atomic E-state index is 12.7. The highest BCUT2D eigenvalue weighted by molar-refractivity contribution is 5.80. The normalized spacial score (nSPS) is 21.0. The first-order valence-electron chi connectivity index (χ1n) is 7.83. The molecule has 1 heterocycles. The lowest BCUT2D eigenvalue weighted by Crippen LogP contribution is -2.57. The van der Waals surface area contributed by atoms with Gasteiger partial charge in [0.05, 0.1) is 27.8 Å². The number of amides is 1. The van der Waals surface area contributed by atoms with Crippen molar-refractivity contribution in [2.45, 2.75) is 32.4 Å². The summed E-state index contributed by atoms with van der Waals surface area (Å²) in [6.45, 7) is 5.73. The van der Waals surface area contributed by atoms with E-state index < -0.39 is 0 Å². The molecule has 1 aromatic rings. The summed E-state index contributed by atoms with van der Waals surface area (Å²) in [6, 6.07) is 4.14. The van der Waals surface area contributed by atoms with Crippen molar-refractivity contribution in [1.29, 1.82) is 0 Å². The van der Waals surface area contributed by atoms with Gasteiger partial charge in [-0.3, -0.25) is 4.79 Å². The van der Waals surface area contributed by atoms with E-state index in [1.54, 1.807) is 21.3 Å². The quantitative estimate of drug-likeness (QED) is 0.889. The van der Waals surface area contributed by atoms with Gasteiger partial charge in [-0.2, -0.15) is 0 Å². The molecule has 0 saturated carbocycles. The van der Waals surface area contributed by atoms with Crippen LogP contribution in [-0.2, 0) is 11.2 Å². The predicted molar refractivity (Wildman–Crippen MR) is 88.4 cm³/mol. The number of benzene rings is 1. The maximum absolute atomic E-state index is 12.7. The molecule has 2 unspecified atom stereocenters. The van der Waals surface area contributed by atoms with Gasteiger partial charge >= 0.3 is 0 Å². The average Bonchev–Trinajstić information content (AvgIpc) is 2.56. The number of carbonyl (C=O) groups is 1.